The number of benzene rings is 2. The molecule has 100 valence electrons. The first-order valence-corrected chi connectivity index (χ1v) is 7.53. The second-order valence-corrected chi connectivity index (χ2v) is 5.20. The minimum atomic E-state index is 0.0309. The number of ether oxygens (including phenoxy) is 1. The Kier molecular flexibility index (Phi) is 3.56. The van der Waals surface area contributed by atoms with Gasteiger partial charge in [-0.1, -0.05) is 36.0 Å². The van der Waals surface area contributed by atoms with Crippen LogP contribution in [0.25, 0.3) is 0 Å². The lowest BCUT2D eigenvalue weighted by Gasteiger charge is -2.15. The van der Waals surface area contributed by atoms with Crippen molar-refractivity contribution in [1.29, 1.82) is 0 Å². The van der Waals surface area contributed by atoms with Crippen molar-refractivity contribution in [1.82, 2.24) is 0 Å². The normalized spacial score (nSPS) is 13.2. The van der Waals surface area contributed by atoms with Gasteiger partial charge >= 0.3 is 0 Å². The van der Waals surface area contributed by atoms with E-state index in [-0.39, 0.29) is 5.12 Å². The minimum Gasteiger partial charge on any atom is -0.434 e. The molecule has 0 aromatic heterocycles. The number of thioether (sulfide) groups is 1. The lowest BCUT2D eigenvalue weighted by Crippen LogP contribution is -2.22. The van der Waals surface area contributed by atoms with Crippen LogP contribution in [0.1, 0.15) is 15.9 Å². The molecule has 0 aliphatic carbocycles. The summed E-state index contributed by atoms with van der Waals surface area (Å²) in [6.07, 6.45) is 3.80. The second-order valence-electron chi connectivity index (χ2n) is 4.42. The Bertz CT molecular complexity index is 680. The first-order valence-electron chi connectivity index (χ1n) is 6.30. The summed E-state index contributed by atoms with van der Waals surface area (Å²) < 4.78 is 7.83. The third kappa shape index (κ3) is 2.34. The molecule has 3 nitrogen and oxygen atoms in total. The topological polar surface area (TPSA) is 29.3 Å². The maximum Gasteiger partial charge on any atom is 0.292 e. The van der Waals surface area contributed by atoms with E-state index in [0.717, 1.165) is 11.3 Å². The lowest BCUT2D eigenvalue weighted by molar-refractivity contribution is -0.476. The molecule has 0 saturated carbocycles. The smallest absolute Gasteiger partial charge is 0.292 e. The Labute approximate surface area is 121 Å². The fourth-order valence-corrected chi connectivity index (χ4v) is 2.58. The van der Waals surface area contributed by atoms with Gasteiger partial charge in [-0.15, -0.1) is 0 Å². The number of carbonyl (C=O) groups excluding carboxylic acids is 1. The molecule has 0 spiro atoms. The van der Waals surface area contributed by atoms with Crippen LogP contribution in [-0.4, -0.2) is 28.9 Å². The Hall–Kier alpha value is -2.07. The van der Waals surface area contributed by atoms with E-state index < -0.39 is 0 Å². The Morgan fingerprint density at radius 1 is 1.15 bits per heavy atom. The van der Waals surface area contributed by atoms with Gasteiger partial charge in [0.25, 0.3) is 6.73 Å². The van der Waals surface area contributed by atoms with Gasteiger partial charge < -0.3 is 4.74 Å². The Morgan fingerprint density at radius 2 is 1.95 bits per heavy atom. The molecule has 2 aromatic rings. The van der Waals surface area contributed by atoms with Crippen LogP contribution in [-0.2, 0) is 0 Å². The number of fused-ring (bicyclic) bond motifs is 1. The summed E-state index contributed by atoms with van der Waals surface area (Å²) >= 11 is 1.20. The molecule has 0 unspecified atom stereocenters. The van der Waals surface area contributed by atoms with E-state index in [0.29, 0.717) is 18.0 Å². The van der Waals surface area contributed by atoms with Crippen molar-refractivity contribution >= 4 is 28.8 Å². The molecule has 20 heavy (non-hydrogen) atoms. The molecule has 4 heteroatoms. The predicted molar refractivity (Wildman–Crippen MR) is 81.3 cm³/mol. The molecule has 0 N–H and O–H groups in total. The second kappa shape index (κ2) is 5.51. The summed E-state index contributed by atoms with van der Waals surface area (Å²) in [7, 11) is 0. The fraction of sp³-hybridized carbons (Fsp3) is 0.125. The summed E-state index contributed by atoms with van der Waals surface area (Å²) in [5.41, 5.74) is 2.64. The average molecular weight is 284 g/mol. The van der Waals surface area contributed by atoms with Crippen LogP contribution in [0.4, 0.5) is 5.69 Å². The van der Waals surface area contributed by atoms with Gasteiger partial charge in [0.15, 0.2) is 12.0 Å². The molecule has 1 aliphatic heterocycles. The van der Waals surface area contributed by atoms with Gasteiger partial charge in [0.2, 0.25) is 10.8 Å². The third-order valence-electron chi connectivity index (χ3n) is 3.18. The molecule has 0 saturated heterocycles. The van der Waals surface area contributed by atoms with Crippen LogP contribution in [0.3, 0.4) is 0 Å². The van der Waals surface area contributed by atoms with Crippen LogP contribution < -0.4 is 4.74 Å². The van der Waals surface area contributed by atoms with E-state index in [9.17, 15) is 4.79 Å². The number of hydrogen-bond acceptors (Lipinski definition) is 3. The molecular weight excluding hydrogens is 270 g/mol. The van der Waals surface area contributed by atoms with Crippen molar-refractivity contribution < 1.29 is 14.1 Å². The van der Waals surface area contributed by atoms with E-state index in [2.05, 4.69) is 0 Å². The Balaban J connectivity index is 2.04. The van der Waals surface area contributed by atoms with Gasteiger partial charge in [-0.2, -0.15) is 4.58 Å². The highest BCUT2D eigenvalue weighted by atomic mass is 32.2. The summed E-state index contributed by atoms with van der Waals surface area (Å²) in [5.74, 6) is 0.680. The quantitative estimate of drug-likeness (QED) is 0.792. The van der Waals surface area contributed by atoms with Gasteiger partial charge in [-0.3, -0.25) is 4.79 Å². The summed E-state index contributed by atoms with van der Waals surface area (Å²) in [5, 5.41) is 0.0309. The third-order valence-corrected chi connectivity index (χ3v) is 3.77. The van der Waals surface area contributed by atoms with Crippen LogP contribution in [0.2, 0.25) is 0 Å². The molecule has 2 aromatic carbocycles. The first-order chi connectivity index (χ1) is 9.79. The van der Waals surface area contributed by atoms with E-state index in [1.807, 2.05) is 59.3 Å². The number of para-hydroxylation sites is 2. The molecular formula is C16H14NO2S+. The summed E-state index contributed by atoms with van der Waals surface area (Å²) in [4.78, 5) is 11.9. The van der Waals surface area contributed by atoms with Crippen molar-refractivity contribution in [3.05, 3.63) is 59.7 Å². The van der Waals surface area contributed by atoms with Crippen molar-refractivity contribution in [3.63, 3.8) is 0 Å². The average Bonchev–Trinajstić information content (AvgIpc) is 2.54. The zero-order valence-electron chi connectivity index (χ0n) is 11.1. The van der Waals surface area contributed by atoms with Crippen molar-refractivity contribution in [2.24, 2.45) is 0 Å². The Morgan fingerprint density at radius 3 is 2.70 bits per heavy atom. The maximum absolute atomic E-state index is 11.9. The standard InChI is InChI=1S/C16H14NO2S/c1-20-16(18)14-9-5-6-12-10-17(11-19-15(12)14)13-7-3-2-4-8-13/h2-10H,11H2,1H3/q+1. The SMILES string of the molecule is CSC(=O)c1cccc2c1OC[N+](c1ccccc1)=C2. The fourth-order valence-electron chi connectivity index (χ4n) is 2.20. The van der Waals surface area contributed by atoms with E-state index in [4.69, 9.17) is 4.74 Å². The van der Waals surface area contributed by atoms with E-state index >= 15 is 0 Å². The predicted octanol–water partition coefficient (Wildman–Crippen LogP) is 3.30. The van der Waals surface area contributed by atoms with Gasteiger partial charge in [-0.25, -0.2) is 0 Å². The molecule has 0 radical (unpaired) electrons. The molecule has 3 rings (SSSR count). The first kappa shape index (κ1) is 12.9. The van der Waals surface area contributed by atoms with Crippen LogP contribution >= 0.6 is 11.8 Å². The van der Waals surface area contributed by atoms with Crippen molar-refractivity contribution in [2.75, 3.05) is 13.0 Å². The number of nitrogens with zero attached hydrogens (tertiary/aromatic N) is 1. The summed E-state index contributed by atoms with van der Waals surface area (Å²) in [6.45, 7) is 0.412. The molecule has 0 bridgehead atoms. The molecule has 0 fully saturated rings. The summed E-state index contributed by atoms with van der Waals surface area (Å²) in [6, 6.07) is 15.7. The highest BCUT2D eigenvalue weighted by Crippen LogP contribution is 2.29. The van der Waals surface area contributed by atoms with Crippen molar-refractivity contribution in [2.45, 2.75) is 0 Å². The molecule has 1 aliphatic rings. The molecule has 0 amide bonds. The number of carbonyl (C=O) groups is 1. The van der Waals surface area contributed by atoms with Crippen molar-refractivity contribution in [3.8, 4) is 5.75 Å². The monoisotopic (exact) mass is 284 g/mol. The van der Waals surface area contributed by atoms with Gasteiger partial charge in [0, 0.05) is 12.1 Å². The van der Waals surface area contributed by atoms with Gasteiger partial charge in [-0.05, 0) is 18.4 Å². The van der Waals surface area contributed by atoms with Crippen LogP contribution in [0.5, 0.6) is 5.75 Å². The van der Waals surface area contributed by atoms with Crippen LogP contribution in [0.15, 0.2) is 48.5 Å². The zero-order valence-corrected chi connectivity index (χ0v) is 11.9. The van der Waals surface area contributed by atoms with Crippen LogP contribution in [0, 0.1) is 0 Å². The molecule has 0 atom stereocenters. The minimum absolute atomic E-state index is 0.0309. The highest BCUT2D eigenvalue weighted by molar-refractivity contribution is 8.13. The zero-order chi connectivity index (χ0) is 13.9. The van der Waals surface area contributed by atoms with E-state index in [1.54, 1.807) is 6.26 Å². The molecule has 1 heterocycles. The number of hydrogen-bond donors (Lipinski definition) is 0. The lowest BCUT2D eigenvalue weighted by atomic mass is 10.1. The van der Waals surface area contributed by atoms with E-state index in [1.165, 1.54) is 11.8 Å². The van der Waals surface area contributed by atoms with Gasteiger partial charge in [0.1, 0.15) is 0 Å². The van der Waals surface area contributed by atoms with Gasteiger partial charge in [0.05, 0.1) is 11.1 Å². The largest absolute Gasteiger partial charge is 0.434 e. The number of rotatable bonds is 2. The highest BCUT2D eigenvalue weighted by Gasteiger charge is 2.23. The maximum atomic E-state index is 11.9.